The van der Waals surface area contributed by atoms with Crippen LogP contribution in [0.2, 0.25) is 0 Å². The number of aromatic nitrogens is 2. The number of imidazole rings is 1. The van der Waals surface area contributed by atoms with E-state index in [1.807, 2.05) is 33.2 Å². The van der Waals surface area contributed by atoms with Crippen molar-refractivity contribution >= 4 is 11.9 Å². The summed E-state index contributed by atoms with van der Waals surface area (Å²) in [6.45, 7) is 13.2. The zero-order valence-corrected chi connectivity index (χ0v) is 13.6. The van der Waals surface area contributed by atoms with E-state index in [0.717, 1.165) is 38.7 Å². The molecule has 0 aromatic carbocycles. The zero-order chi connectivity index (χ0) is 15.5. The number of aryl methyl sites for hydroxylation is 1. The Hall–Kier alpha value is -1.56. The van der Waals surface area contributed by atoms with Gasteiger partial charge in [-0.2, -0.15) is 0 Å². The summed E-state index contributed by atoms with van der Waals surface area (Å²) in [6, 6.07) is 0. The standard InChI is InChI=1S/C15H27N5O/c1-5-19-7-6-16-14(19)20-10-8-18(9-11-20)12-13(21)17-15(2,3)4/h6-7H,5,8-12H2,1-4H3,(H,17,21). The molecule has 118 valence electrons. The van der Waals surface area contributed by atoms with Crippen LogP contribution in [0.3, 0.4) is 0 Å². The minimum Gasteiger partial charge on any atom is -0.350 e. The smallest absolute Gasteiger partial charge is 0.234 e. The lowest BCUT2D eigenvalue weighted by Gasteiger charge is -2.35. The van der Waals surface area contributed by atoms with Crippen LogP contribution in [-0.2, 0) is 11.3 Å². The topological polar surface area (TPSA) is 53.4 Å². The van der Waals surface area contributed by atoms with Crippen LogP contribution in [0.4, 0.5) is 5.95 Å². The number of piperazine rings is 1. The van der Waals surface area contributed by atoms with Crippen LogP contribution in [0.15, 0.2) is 12.4 Å². The van der Waals surface area contributed by atoms with Gasteiger partial charge in [0, 0.05) is 50.7 Å². The third-order valence-corrected chi connectivity index (χ3v) is 3.57. The van der Waals surface area contributed by atoms with Gasteiger partial charge in [0.2, 0.25) is 11.9 Å². The van der Waals surface area contributed by atoms with E-state index in [4.69, 9.17) is 0 Å². The van der Waals surface area contributed by atoms with Crippen molar-refractivity contribution in [1.82, 2.24) is 19.8 Å². The van der Waals surface area contributed by atoms with Gasteiger partial charge >= 0.3 is 0 Å². The summed E-state index contributed by atoms with van der Waals surface area (Å²) < 4.78 is 2.15. The molecule has 1 N–H and O–H groups in total. The Morgan fingerprint density at radius 1 is 1.29 bits per heavy atom. The maximum atomic E-state index is 12.0. The van der Waals surface area contributed by atoms with Crippen molar-refractivity contribution in [2.75, 3.05) is 37.6 Å². The maximum Gasteiger partial charge on any atom is 0.234 e. The van der Waals surface area contributed by atoms with Crippen LogP contribution < -0.4 is 10.2 Å². The third-order valence-electron chi connectivity index (χ3n) is 3.57. The molecule has 6 heteroatoms. The first kappa shape index (κ1) is 15.8. The van der Waals surface area contributed by atoms with E-state index < -0.39 is 0 Å². The summed E-state index contributed by atoms with van der Waals surface area (Å²) in [6.07, 6.45) is 3.86. The lowest BCUT2D eigenvalue weighted by molar-refractivity contribution is -0.123. The number of nitrogens with zero attached hydrogens (tertiary/aromatic N) is 4. The summed E-state index contributed by atoms with van der Waals surface area (Å²) in [5.74, 6) is 1.14. The number of carbonyl (C=O) groups is 1. The minimum absolute atomic E-state index is 0.103. The van der Waals surface area contributed by atoms with Crippen molar-refractivity contribution in [3.8, 4) is 0 Å². The maximum absolute atomic E-state index is 12.0. The zero-order valence-electron chi connectivity index (χ0n) is 13.6. The van der Waals surface area contributed by atoms with Gasteiger partial charge in [0.05, 0.1) is 6.54 Å². The molecule has 0 radical (unpaired) electrons. The molecule has 2 rings (SSSR count). The quantitative estimate of drug-likeness (QED) is 0.898. The molecule has 1 aromatic heterocycles. The second kappa shape index (κ2) is 6.47. The Kier molecular flexibility index (Phi) is 4.88. The highest BCUT2D eigenvalue weighted by Crippen LogP contribution is 2.14. The highest BCUT2D eigenvalue weighted by molar-refractivity contribution is 5.78. The molecule has 6 nitrogen and oxygen atoms in total. The second-order valence-corrected chi connectivity index (χ2v) is 6.57. The SMILES string of the molecule is CCn1ccnc1N1CCN(CC(=O)NC(C)(C)C)CC1. The lowest BCUT2D eigenvalue weighted by atomic mass is 10.1. The van der Waals surface area contributed by atoms with Gasteiger partial charge < -0.3 is 14.8 Å². The number of nitrogens with one attached hydrogen (secondary N) is 1. The van der Waals surface area contributed by atoms with E-state index in [-0.39, 0.29) is 11.4 Å². The summed E-state index contributed by atoms with van der Waals surface area (Å²) in [5.41, 5.74) is -0.162. The molecule has 0 spiro atoms. The van der Waals surface area contributed by atoms with Gasteiger partial charge in [-0.05, 0) is 27.7 Å². The van der Waals surface area contributed by atoms with E-state index in [2.05, 4.69) is 31.6 Å². The monoisotopic (exact) mass is 293 g/mol. The number of hydrogen-bond acceptors (Lipinski definition) is 4. The highest BCUT2D eigenvalue weighted by Gasteiger charge is 2.22. The van der Waals surface area contributed by atoms with Crippen LogP contribution >= 0.6 is 0 Å². The highest BCUT2D eigenvalue weighted by atomic mass is 16.2. The van der Waals surface area contributed by atoms with Gasteiger partial charge in [0.15, 0.2) is 0 Å². The summed E-state index contributed by atoms with van der Waals surface area (Å²) >= 11 is 0. The fraction of sp³-hybridized carbons (Fsp3) is 0.733. The molecule has 0 atom stereocenters. The Balaban J connectivity index is 1.82. The average Bonchev–Trinajstić information content (AvgIpc) is 2.85. The molecular formula is C15H27N5O. The normalized spacial score (nSPS) is 17.0. The predicted molar refractivity (Wildman–Crippen MR) is 84.4 cm³/mol. The number of hydrogen-bond donors (Lipinski definition) is 1. The van der Waals surface area contributed by atoms with Gasteiger partial charge in [-0.25, -0.2) is 4.98 Å². The van der Waals surface area contributed by atoms with Gasteiger partial charge in [-0.15, -0.1) is 0 Å². The van der Waals surface area contributed by atoms with Crippen LogP contribution in [-0.4, -0.2) is 58.6 Å². The fourth-order valence-corrected chi connectivity index (χ4v) is 2.60. The third kappa shape index (κ3) is 4.46. The summed E-state index contributed by atoms with van der Waals surface area (Å²) in [7, 11) is 0. The molecule has 21 heavy (non-hydrogen) atoms. The average molecular weight is 293 g/mol. The number of carbonyl (C=O) groups excluding carboxylic acids is 1. The van der Waals surface area contributed by atoms with E-state index in [0.29, 0.717) is 6.54 Å². The second-order valence-electron chi connectivity index (χ2n) is 6.57. The molecule has 0 aliphatic carbocycles. The molecule has 1 saturated heterocycles. The molecule has 0 saturated carbocycles. The van der Waals surface area contributed by atoms with Crippen molar-refractivity contribution in [2.45, 2.75) is 39.8 Å². The minimum atomic E-state index is -0.162. The van der Waals surface area contributed by atoms with E-state index in [9.17, 15) is 4.79 Å². The molecule has 1 fully saturated rings. The van der Waals surface area contributed by atoms with E-state index in [1.54, 1.807) is 0 Å². The van der Waals surface area contributed by atoms with E-state index in [1.165, 1.54) is 0 Å². The molecule has 1 aliphatic rings. The van der Waals surface area contributed by atoms with Crippen LogP contribution in [0.1, 0.15) is 27.7 Å². The number of amides is 1. The number of anilines is 1. The first-order valence-electron chi connectivity index (χ1n) is 7.68. The summed E-state index contributed by atoms with van der Waals surface area (Å²) in [5, 5.41) is 3.01. The van der Waals surface area contributed by atoms with Crippen molar-refractivity contribution < 1.29 is 4.79 Å². The van der Waals surface area contributed by atoms with Crippen LogP contribution in [0, 0.1) is 0 Å². The van der Waals surface area contributed by atoms with Gasteiger partial charge in [0.1, 0.15) is 0 Å². The van der Waals surface area contributed by atoms with Gasteiger partial charge in [-0.1, -0.05) is 0 Å². The van der Waals surface area contributed by atoms with Crippen molar-refractivity contribution in [3.05, 3.63) is 12.4 Å². The largest absolute Gasteiger partial charge is 0.350 e. The Morgan fingerprint density at radius 3 is 2.52 bits per heavy atom. The molecular weight excluding hydrogens is 266 g/mol. The first-order valence-corrected chi connectivity index (χ1v) is 7.68. The predicted octanol–water partition coefficient (Wildman–Crippen LogP) is 0.940. The molecule has 1 amide bonds. The lowest BCUT2D eigenvalue weighted by Crippen LogP contribution is -2.52. The van der Waals surface area contributed by atoms with Crippen LogP contribution in [0.25, 0.3) is 0 Å². The first-order chi connectivity index (χ1) is 9.89. The molecule has 0 unspecified atom stereocenters. The van der Waals surface area contributed by atoms with Crippen LogP contribution in [0.5, 0.6) is 0 Å². The number of rotatable bonds is 4. The Bertz CT molecular complexity index is 469. The Morgan fingerprint density at radius 2 is 1.95 bits per heavy atom. The summed E-state index contributed by atoms with van der Waals surface area (Å²) in [4.78, 5) is 20.9. The van der Waals surface area contributed by atoms with Crippen molar-refractivity contribution in [2.24, 2.45) is 0 Å². The molecule has 1 aromatic rings. The molecule has 0 bridgehead atoms. The van der Waals surface area contributed by atoms with Crippen molar-refractivity contribution in [1.29, 1.82) is 0 Å². The molecule has 2 heterocycles. The van der Waals surface area contributed by atoms with E-state index >= 15 is 0 Å². The van der Waals surface area contributed by atoms with Gasteiger partial charge in [0.25, 0.3) is 0 Å². The Labute approximate surface area is 127 Å². The van der Waals surface area contributed by atoms with Gasteiger partial charge in [-0.3, -0.25) is 9.69 Å². The molecule has 1 aliphatic heterocycles. The fourth-order valence-electron chi connectivity index (χ4n) is 2.60. The van der Waals surface area contributed by atoms with Crippen molar-refractivity contribution in [3.63, 3.8) is 0 Å².